The summed E-state index contributed by atoms with van der Waals surface area (Å²) in [5.41, 5.74) is 6.72. The predicted octanol–water partition coefficient (Wildman–Crippen LogP) is 0.997. The van der Waals surface area contributed by atoms with E-state index < -0.39 is 9.84 Å². The lowest BCUT2D eigenvalue weighted by atomic mass is 10.2. The van der Waals surface area contributed by atoms with E-state index in [1.165, 1.54) is 13.2 Å². The Balaban J connectivity index is 3.09. The molecule has 0 saturated carbocycles. The molecule has 0 aliphatic rings. The van der Waals surface area contributed by atoms with Gasteiger partial charge < -0.3 is 10.5 Å². The number of ether oxygens (including phenoxy) is 1. The molecule has 1 aromatic carbocycles. The van der Waals surface area contributed by atoms with Gasteiger partial charge in [-0.25, -0.2) is 8.42 Å². The van der Waals surface area contributed by atoms with E-state index >= 15 is 0 Å². The van der Waals surface area contributed by atoms with Crippen LogP contribution >= 0.6 is 0 Å². The second-order valence-electron chi connectivity index (χ2n) is 3.34. The molecule has 0 amide bonds. The number of nitrogens with two attached hydrogens (primary N) is 1. The molecule has 84 valence electrons. The number of aryl methyl sites for hydroxylation is 1. The highest BCUT2D eigenvalue weighted by Crippen LogP contribution is 2.19. The standard InChI is InChI=1S/C10H15NO3S/c1-8-3-4-9(11)7-10(8)15(12,13)6-5-14-2/h3-4,7H,5-6,11H2,1-2H3. The molecule has 1 rings (SSSR count). The molecule has 0 saturated heterocycles. The van der Waals surface area contributed by atoms with Crippen LogP contribution in [0.2, 0.25) is 0 Å². The molecule has 0 atom stereocenters. The number of methoxy groups -OCH3 is 1. The van der Waals surface area contributed by atoms with Crippen LogP contribution in [0.15, 0.2) is 23.1 Å². The van der Waals surface area contributed by atoms with E-state index in [1.54, 1.807) is 19.1 Å². The smallest absolute Gasteiger partial charge is 0.180 e. The van der Waals surface area contributed by atoms with Crippen LogP contribution in [0, 0.1) is 6.92 Å². The van der Waals surface area contributed by atoms with Gasteiger partial charge in [0.1, 0.15) is 0 Å². The zero-order chi connectivity index (χ0) is 11.5. The van der Waals surface area contributed by atoms with E-state index in [1.807, 2.05) is 0 Å². The molecule has 1 aromatic rings. The molecule has 0 heterocycles. The van der Waals surface area contributed by atoms with Gasteiger partial charge in [-0.3, -0.25) is 0 Å². The van der Waals surface area contributed by atoms with Crippen LogP contribution in [0.4, 0.5) is 5.69 Å². The molecule has 0 aromatic heterocycles. The van der Waals surface area contributed by atoms with Crippen LogP contribution < -0.4 is 5.73 Å². The van der Waals surface area contributed by atoms with Gasteiger partial charge in [0.25, 0.3) is 0 Å². The number of hydrogen-bond donors (Lipinski definition) is 1. The second-order valence-corrected chi connectivity index (χ2v) is 5.41. The summed E-state index contributed by atoms with van der Waals surface area (Å²) >= 11 is 0. The van der Waals surface area contributed by atoms with Crippen LogP contribution in [0.25, 0.3) is 0 Å². The fourth-order valence-electron chi connectivity index (χ4n) is 1.25. The lowest BCUT2D eigenvalue weighted by Crippen LogP contribution is -2.13. The molecule has 5 heteroatoms. The van der Waals surface area contributed by atoms with E-state index in [4.69, 9.17) is 10.5 Å². The van der Waals surface area contributed by atoms with Crippen LogP contribution in [-0.2, 0) is 14.6 Å². The van der Waals surface area contributed by atoms with Crippen LogP contribution in [0.1, 0.15) is 5.56 Å². The maximum atomic E-state index is 11.8. The van der Waals surface area contributed by atoms with E-state index in [0.29, 0.717) is 16.1 Å². The summed E-state index contributed by atoms with van der Waals surface area (Å²) in [5.74, 6) is -0.0200. The largest absolute Gasteiger partial charge is 0.399 e. The van der Waals surface area contributed by atoms with Gasteiger partial charge in [0.15, 0.2) is 9.84 Å². The van der Waals surface area contributed by atoms with E-state index in [2.05, 4.69) is 0 Å². The summed E-state index contributed by atoms with van der Waals surface area (Å²) in [7, 11) is -1.81. The Bertz CT molecular complexity index is 440. The SMILES string of the molecule is COCCS(=O)(=O)c1cc(N)ccc1C. The maximum absolute atomic E-state index is 11.8. The average molecular weight is 229 g/mol. The highest BCUT2D eigenvalue weighted by Gasteiger charge is 2.16. The highest BCUT2D eigenvalue weighted by atomic mass is 32.2. The molecular weight excluding hydrogens is 214 g/mol. The topological polar surface area (TPSA) is 69.4 Å². The number of anilines is 1. The van der Waals surface area contributed by atoms with Crippen molar-refractivity contribution in [3.63, 3.8) is 0 Å². The monoisotopic (exact) mass is 229 g/mol. The van der Waals surface area contributed by atoms with Gasteiger partial charge in [0, 0.05) is 12.8 Å². The number of nitrogen functional groups attached to an aromatic ring is 1. The molecule has 0 fully saturated rings. The van der Waals surface area contributed by atoms with Gasteiger partial charge in [-0.05, 0) is 24.6 Å². The lowest BCUT2D eigenvalue weighted by Gasteiger charge is -2.07. The number of rotatable bonds is 4. The first-order chi connectivity index (χ1) is 6.97. The summed E-state index contributed by atoms with van der Waals surface area (Å²) in [6.45, 7) is 1.94. The third-order valence-electron chi connectivity index (χ3n) is 2.10. The first kappa shape index (κ1) is 12.0. The number of benzene rings is 1. The Labute approximate surface area is 90.0 Å². The predicted molar refractivity (Wildman–Crippen MR) is 59.5 cm³/mol. The van der Waals surface area contributed by atoms with Gasteiger partial charge in [0.2, 0.25) is 0 Å². The average Bonchev–Trinajstić information content (AvgIpc) is 2.18. The fraction of sp³-hybridized carbons (Fsp3) is 0.400. The molecule has 0 aliphatic carbocycles. The summed E-state index contributed by atoms with van der Waals surface area (Å²) in [4.78, 5) is 0.291. The number of hydrogen-bond acceptors (Lipinski definition) is 4. The highest BCUT2D eigenvalue weighted by molar-refractivity contribution is 7.91. The zero-order valence-corrected chi connectivity index (χ0v) is 9.67. The van der Waals surface area contributed by atoms with E-state index in [-0.39, 0.29) is 12.4 Å². The normalized spacial score (nSPS) is 11.6. The van der Waals surface area contributed by atoms with Crippen molar-refractivity contribution in [2.45, 2.75) is 11.8 Å². The van der Waals surface area contributed by atoms with Gasteiger partial charge in [-0.2, -0.15) is 0 Å². The van der Waals surface area contributed by atoms with Crippen molar-refractivity contribution in [3.05, 3.63) is 23.8 Å². The van der Waals surface area contributed by atoms with Gasteiger partial charge in [0.05, 0.1) is 17.3 Å². The molecule has 0 bridgehead atoms. The van der Waals surface area contributed by atoms with Crippen molar-refractivity contribution in [2.24, 2.45) is 0 Å². The van der Waals surface area contributed by atoms with E-state index in [0.717, 1.165) is 0 Å². The molecule has 2 N–H and O–H groups in total. The van der Waals surface area contributed by atoms with Crippen molar-refractivity contribution in [2.75, 3.05) is 25.2 Å². The Morgan fingerprint density at radius 3 is 2.67 bits per heavy atom. The summed E-state index contributed by atoms with van der Waals surface area (Å²) in [6.07, 6.45) is 0. The fourth-order valence-corrected chi connectivity index (χ4v) is 2.73. The van der Waals surface area contributed by atoms with Gasteiger partial charge >= 0.3 is 0 Å². The second kappa shape index (κ2) is 4.63. The molecule has 0 spiro atoms. The third kappa shape index (κ3) is 2.94. The minimum Gasteiger partial charge on any atom is -0.399 e. The van der Waals surface area contributed by atoms with Gasteiger partial charge in [-0.15, -0.1) is 0 Å². The Kier molecular flexibility index (Phi) is 3.71. The quantitative estimate of drug-likeness (QED) is 0.782. The summed E-state index contributed by atoms with van der Waals surface area (Å²) in [5, 5.41) is 0. The Hall–Kier alpha value is -1.07. The minimum atomic E-state index is -3.28. The third-order valence-corrected chi connectivity index (χ3v) is 3.92. The van der Waals surface area contributed by atoms with E-state index in [9.17, 15) is 8.42 Å². The van der Waals surface area contributed by atoms with Crippen LogP contribution in [-0.4, -0.2) is 27.9 Å². The zero-order valence-electron chi connectivity index (χ0n) is 8.86. The van der Waals surface area contributed by atoms with Crippen LogP contribution in [0.3, 0.4) is 0 Å². The summed E-state index contributed by atoms with van der Waals surface area (Å²) in [6, 6.07) is 4.88. The molecular formula is C10H15NO3S. The molecule has 0 radical (unpaired) electrons. The van der Waals surface area contributed by atoms with Crippen molar-refractivity contribution in [1.29, 1.82) is 0 Å². The summed E-state index contributed by atoms with van der Waals surface area (Å²) < 4.78 is 28.4. The van der Waals surface area contributed by atoms with Crippen molar-refractivity contribution >= 4 is 15.5 Å². The Morgan fingerprint density at radius 1 is 1.40 bits per heavy atom. The van der Waals surface area contributed by atoms with Crippen molar-refractivity contribution < 1.29 is 13.2 Å². The van der Waals surface area contributed by atoms with Gasteiger partial charge in [-0.1, -0.05) is 6.07 Å². The molecule has 15 heavy (non-hydrogen) atoms. The first-order valence-electron chi connectivity index (χ1n) is 4.55. The van der Waals surface area contributed by atoms with Crippen LogP contribution in [0.5, 0.6) is 0 Å². The molecule has 4 nitrogen and oxygen atoms in total. The lowest BCUT2D eigenvalue weighted by molar-refractivity contribution is 0.217. The minimum absolute atomic E-state index is 0.0200. The molecule has 0 aliphatic heterocycles. The van der Waals surface area contributed by atoms with Crippen molar-refractivity contribution in [1.82, 2.24) is 0 Å². The first-order valence-corrected chi connectivity index (χ1v) is 6.20. The Morgan fingerprint density at radius 2 is 2.07 bits per heavy atom. The van der Waals surface area contributed by atoms with Crippen molar-refractivity contribution in [3.8, 4) is 0 Å². The number of sulfone groups is 1. The maximum Gasteiger partial charge on any atom is 0.180 e. The molecule has 0 unspecified atom stereocenters.